The molecule has 1 aromatic heterocycles. The minimum Gasteiger partial charge on any atom is -0.487 e. The van der Waals surface area contributed by atoms with Crippen molar-refractivity contribution < 1.29 is 9.66 Å². The Kier molecular flexibility index (Phi) is 4.69. The minimum absolute atomic E-state index is 0.00786. The first kappa shape index (κ1) is 13.8. The Labute approximate surface area is 118 Å². The third-order valence-corrected chi connectivity index (χ3v) is 4.15. The van der Waals surface area contributed by atoms with Crippen LogP contribution in [0.15, 0.2) is 28.0 Å². The number of hydrogen-bond acceptors (Lipinski definition) is 7. The van der Waals surface area contributed by atoms with E-state index in [1.54, 1.807) is 36.3 Å². The van der Waals surface area contributed by atoms with E-state index in [1.165, 1.54) is 17.4 Å². The topological polar surface area (TPSA) is 78.2 Å². The fourth-order valence-electron chi connectivity index (χ4n) is 1.44. The summed E-state index contributed by atoms with van der Waals surface area (Å²) in [6, 6.07) is 4.91. The molecule has 0 radical (unpaired) electrons. The summed E-state index contributed by atoms with van der Waals surface area (Å²) >= 11 is 3.01. The summed E-state index contributed by atoms with van der Waals surface area (Å²) in [5.74, 6) is 0.982. The Balaban J connectivity index is 2.13. The van der Waals surface area contributed by atoms with Gasteiger partial charge in [0.2, 0.25) is 0 Å². The fourth-order valence-corrected chi connectivity index (χ4v) is 2.87. The number of rotatable bonds is 6. The van der Waals surface area contributed by atoms with Crippen LogP contribution >= 0.6 is 23.1 Å². The van der Waals surface area contributed by atoms with Gasteiger partial charge < -0.3 is 4.74 Å². The lowest BCUT2D eigenvalue weighted by atomic mass is 10.2. The molecule has 0 aliphatic rings. The van der Waals surface area contributed by atoms with E-state index in [9.17, 15) is 10.1 Å². The first-order valence-electron chi connectivity index (χ1n) is 5.49. The highest BCUT2D eigenvalue weighted by Crippen LogP contribution is 2.31. The maximum absolute atomic E-state index is 10.9. The number of hydrogen-bond donors (Lipinski definition) is 0. The van der Waals surface area contributed by atoms with Crippen LogP contribution in [0, 0.1) is 10.1 Å². The molecule has 0 aliphatic heterocycles. The summed E-state index contributed by atoms with van der Waals surface area (Å²) < 4.78 is 6.17. The van der Waals surface area contributed by atoms with E-state index >= 15 is 0 Å². The molecule has 2 rings (SSSR count). The molecule has 2 aromatic rings. The molecule has 8 heteroatoms. The lowest BCUT2D eigenvalue weighted by molar-refractivity contribution is -0.385. The molecule has 0 atom stereocenters. The van der Waals surface area contributed by atoms with E-state index < -0.39 is 4.92 Å². The summed E-state index contributed by atoms with van der Waals surface area (Å²) in [4.78, 5) is 10.4. The van der Waals surface area contributed by atoms with Crippen molar-refractivity contribution in [3.05, 3.63) is 39.4 Å². The summed E-state index contributed by atoms with van der Waals surface area (Å²) in [6.07, 6.45) is 0. The van der Waals surface area contributed by atoms with Crippen LogP contribution in [0.2, 0.25) is 0 Å². The molecule has 0 amide bonds. The van der Waals surface area contributed by atoms with Crippen molar-refractivity contribution in [3.63, 3.8) is 0 Å². The van der Waals surface area contributed by atoms with Crippen molar-refractivity contribution in [2.75, 3.05) is 6.61 Å². The van der Waals surface area contributed by atoms with Gasteiger partial charge in [0.25, 0.3) is 0 Å². The third kappa shape index (κ3) is 3.65. The molecule has 1 heterocycles. The molecule has 0 fully saturated rings. The number of benzene rings is 1. The Hall–Kier alpha value is -1.67. The quantitative estimate of drug-likeness (QED) is 0.463. The molecule has 0 spiro atoms. The third-order valence-electron chi connectivity index (χ3n) is 2.22. The van der Waals surface area contributed by atoms with E-state index in [-0.39, 0.29) is 5.69 Å². The smallest absolute Gasteiger partial charge is 0.310 e. The van der Waals surface area contributed by atoms with E-state index in [0.717, 1.165) is 9.90 Å². The molecule has 6 nitrogen and oxygen atoms in total. The summed E-state index contributed by atoms with van der Waals surface area (Å²) in [6.45, 7) is 2.19. The molecule has 0 aliphatic carbocycles. The minimum atomic E-state index is -0.438. The second kappa shape index (κ2) is 6.48. The average Bonchev–Trinajstić information content (AvgIpc) is 2.90. The van der Waals surface area contributed by atoms with Crippen LogP contribution in [0.4, 0.5) is 5.69 Å². The number of nitrogens with zero attached hydrogens (tertiary/aromatic N) is 3. The average molecular weight is 297 g/mol. The molecule has 1 aromatic carbocycles. The number of aromatic nitrogens is 2. The Bertz CT molecular complexity index is 560. The number of nitro benzene ring substituents is 1. The van der Waals surface area contributed by atoms with Crippen LogP contribution in [0.25, 0.3) is 0 Å². The zero-order chi connectivity index (χ0) is 13.7. The van der Waals surface area contributed by atoms with Crippen LogP contribution < -0.4 is 4.74 Å². The summed E-state index contributed by atoms with van der Waals surface area (Å²) in [7, 11) is 0. The predicted molar refractivity (Wildman–Crippen MR) is 73.7 cm³/mol. The van der Waals surface area contributed by atoms with Gasteiger partial charge in [0.15, 0.2) is 10.1 Å². The molecule has 0 N–H and O–H groups in total. The standard InChI is InChI=1S/C11H11N3O3S2/c1-2-17-10-5-8(3-4-9(10)14(15)16)6-18-11-13-12-7-19-11/h3-5,7H,2,6H2,1H3. The highest BCUT2D eigenvalue weighted by molar-refractivity contribution is 8.00. The largest absolute Gasteiger partial charge is 0.487 e. The van der Waals surface area contributed by atoms with E-state index in [0.29, 0.717) is 18.1 Å². The molecule has 0 saturated carbocycles. The Morgan fingerprint density at radius 2 is 2.37 bits per heavy atom. The van der Waals surface area contributed by atoms with Crippen LogP contribution in [0.1, 0.15) is 12.5 Å². The van der Waals surface area contributed by atoms with Crippen LogP contribution in [0.5, 0.6) is 5.75 Å². The lowest BCUT2D eigenvalue weighted by Gasteiger charge is -2.06. The van der Waals surface area contributed by atoms with E-state index in [4.69, 9.17) is 4.74 Å². The monoisotopic (exact) mass is 297 g/mol. The van der Waals surface area contributed by atoms with Gasteiger partial charge in [0, 0.05) is 11.8 Å². The van der Waals surface area contributed by atoms with Crippen LogP contribution in [0.3, 0.4) is 0 Å². The van der Waals surface area contributed by atoms with Gasteiger partial charge in [-0.1, -0.05) is 29.2 Å². The summed E-state index contributed by atoms with van der Waals surface area (Å²) in [5.41, 5.74) is 2.62. The first-order chi connectivity index (χ1) is 9.20. The maximum atomic E-state index is 10.9. The van der Waals surface area contributed by atoms with Crippen molar-refractivity contribution in [1.82, 2.24) is 10.2 Å². The highest BCUT2D eigenvalue weighted by atomic mass is 32.2. The molecule has 19 heavy (non-hydrogen) atoms. The lowest BCUT2D eigenvalue weighted by Crippen LogP contribution is -1.98. The van der Waals surface area contributed by atoms with Crippen molar-refractivity contribution in [2.24, 2.45) is 0 Å². The van der Waals surface area contributed by atoms with Gasteiger partial charge in [-0.05, 0) is 18.6 Å². The molecule has 0 unspecified atom stereocenters. The normalized spacial score (nSPS) is 10.4. The first-order valence-corrected chi connectivity index (χ1v) is 7.36. The van der Waals surface area contributed by atoms with Gasteiger partial charge in [-0.25, -0.2) is 0 Å². The molecular formula is C11H11N3O3S2. The number of nitro groups is 1. The molecular weight excluding hydrogens is 286 g/mol. The zero-order valence-electron chi connectivity index (χ0n) is 10.1. The van der Waals surface area contributed by atoms with Gasteiger partial charge in [-0.15, -0.1) is 10.2 Å². The number of ether oxygens (including phenoxy) is 1. The van der Waals surface area contributed by atoms with Crippen molar-refractivity contribution in [3.8, 4) is 5.75 Å². The Morgan fingerprint density at radius 1 is 1.53 bits per heavy atom. The van der Waals surface area contributed by atoms with E-state index in [2.05, 4.69) is 10.2 Å². The fraction of sp³-hybridized carbons (Fsp3) is 0.273. The van der Waals surface area contributed by atoms with Crippen LogP contribution in [-0.2, 0) is 5.75 Å². The second-order valence-electron chi connectivity index (χ2n) is 3.49. The van der Waals surface area contributed by atoms with Gasteiger partial charge in [0.05, 0.1) is 11.5 Å². The predicted octanol–water partition coefficient (Wildman–Crippen LogP) is 3.14. The molecule has 0 bridgehead atoms. The van der Waals surface area contributed by atoms with Crippen molar-refractivity contribution in [2.45, 2.75) is 17.0 Å². The second-order valence-corrected chi connectivity index (χ2v) is 5.54. The van der Waals surface area contributed by atoms with Crippen molar-refractivity contribution >= 4 is 28.8 Å². The SMILES string of the molecule is CCOc1cc(CSc2nncs2)ccc1[N+](=O)[O-]. The Morgan fingerprint density at radius 3 is 3.00 bits per heavy atom. The highest BCUT2D eigenvalue weighted by Gasteiger charge is 2.15. The van der Waals surface area contributed by atoms with E-state index in [1.807, 2.05) is 0 Å². The van der Waals surface area contributed by atoms with Crippen LogP contribution in [-0.4, -0.2) is 21.7 Å². The number of thioether (sulfide) groups is 1. The van der Waals surface area contributed by atoms with Gasteiger partial charge in [-0.2, -0.15) is 0 Å². The molecule has 100 valence electrons. The van der Waals surface area contributed by atoms with Gasteiger partial charge in [0.1, 0.15) is 5.51 Å². The zero-order valence-corrected chi connectivity index (χ0v) is 11.7. The summed E-state index contributed by atoms with van der Waals surface area (Å²) in [5, 5.41) is 18.5. The maximum Gasteiger partial charge on any atom is 0.310 e. The van der Waals surface area contributed by atoms with Gasteiger partial charge in [-0.3, -0.25) is 10.1 Å². The van der Waals surface area contributed by atoms with Gasteiger partial charge >= 0.3 is 5.69 Å². The molecule has 0 saturated heterocycles. The van der Waals surface area contributed by atoms with Crippen molar-refractivity contribution in [1.29, 1.82) is 0 Å².